The van der Waals surface area contributed by atoms with Crippen molar-refractivity contribution >= 4 is 6.09 Å². The summed E-state index contributed by atoms with van der Waals surface area (Å²) in [7, 11) is 0. The second-order valence-corrected chi connectivity index (χ2v) is 8.78. The van der Waals surface area contributed by atoms with Gasteiger partial charge in [0.25, 0.3) is 0 Å². The maximum absolute atomic E-state index is 11.9. The molecule has 0 spiro atoms. The molecule has 2 unspecified atom stereocenters. The van der Waals surface area contributed by atoms with E-state index >= 15 is 0 Å². The average molecular weight is 310 g/mol. The van der Waals surface area contributed by atoms with Gasteiger partial charge in [0.2, 0.25) is 0 Å². The van der Waals surface area contributed by atoms with Crippen LogP contribution in [0.3, 0.4) is 0 Å². The molecule has 0 aromatic carbocycles. The van der Waals surface area contributed by atoms with Crippen LogP contribution < -0.4 is 10.6 Å². The highest BCUT2D eigenvalue weighted by Crippen LogP contribution is 2.38. The molecule has 2 rings (SSSR count). The van der Waals surface area contributed by atoms with E-state index in [1.54, 1.807) is 0 Å². The van der Waals surface area contributed by atoms with Crippen LogP contribution in [-0.2, 0) is 4.74 Å². The van der Waals surface area contributed by atoms with Crippen molar-refractivity contribution in [2.75, 3.05) is 6.54 Å². The summed E-state index contributed by atoms with van der Waals surface area (Å²) in [6.07, 6.45) is 7.46. The van der Waals surface area contributed by atoms with E-state index in [9.17, 15) is 4.79 Å². The lowest BCUT2D eigenvalue weighted by atomic mass is 9.73. The summed E-state index contributed by atoms with van der Waals surface area (Å²) in [5.74, 6) is 0.715. The van der Waals surface area contributed by atoms with Crippen molar-refractivity contribution in [2.24, 2.45) is 11.3 Å². The van der Waals surface area contributed by atoms with Crippen LogP contribution in [0.2, 0.25) is 0 Å². The first kappa shape index (κ1) is 17.6. The first-order valence-corrected chi connectivity index (χ1v) is 8.90. The van der Waals surface area contributed by atoms with Crippen LogP contribution in [0.1, 0.15) is 73.1 Å². The van der Waals surface area contributed by atoms with Crippen LogP contribution in [0.5, 0.6) is 0 Å². The third-order valence-corrected chi connectivity index (χ3v) is 4.98. The highest BCUT2D eigenvalue weighted by molar-refractivity contribution is 5.67. The second kappa shape index (κ2) is 6.77. The van der Waals surface area contributed by atoms with Gasteiger partial charge in [-0.2, -0.15) is 0 Å². The lowest BCUT2D eigenvalue weighted by Gasteiger charge is -2.41. The number of alkyl carbamates (subject to hydrolysis) is 1. The third kappa shape index (κ3) is 5.45. The molecule has 0 saturated heterocycles. The van der Waals surface area contributed by atoms with Gasteiger partial charge in [-0.1, -0.05) is 26.7 Å². The molecule has 0 aliphatic heterocycles. The summed E-state index contributed by atoms with van der Waals surface area (Å²) in [5, 5.41) is 6.81. The molecule has 0 aromatic heterocycles. The van der Waals surface area contributed by atoms with Crippen molar-refractivity contribution in [1.29, 1.82) is 0 Å². The van der Waals surface area contributed by atoms with Gasteiger partial charge in [-0.25, -0.2) is 4.79 Å². The van der Waals surface area contributed by atoms with Crippen molar-refractivity contribution in [3.63, 3.8) is 0 Å². The second-order valence-electron chi connectivity index (χ2n) is 8.78. The zero-order chi connectivity index (χ0) is 16.4. The molecule has 128 valence electrons. The Bertz CT molecular complexity index is 383. The van der Waals surface area contributed by atoms with Gasteiger partial charge < -0.3 is 15.4 Å². The molecule has 2 atom stereocenters. The number of rotatable bonds is 5. The van der Waals surface area contributed by atoms with Gasteiger partial charge in [0, 0.05) is 18.6 Å². The van der Waals surface area contributed by atoms with Crippen LogP contribution >= 0.6 is 0 Å². The van der Waals surface area contributed by atoms with Crippen molar-refractivity contribution < 1.29 is 9.53 Å². The Kier molecular flexibility index (Phi) is 5.41. The third-order valence-electron chi connectivity index (χ3n) is 4.98. The van der Waals surface area contributed by atoms with E-state index < -0.39 is 5.60 Å². The molecule has 0 heterocycles. The Labute approximate surface area is 135 Å². The van der Waals surface area contributed by atoms with Gasteiger partial charge in [0.1, 0.15) is 5.60 Å². The Hall–Kier alpha value is -0.770. The first-order valence-electron chi connectivity index (χ1n) is 8.90. The maximum Gasteiger partial charge on any atom is 0.407 e. The fraction of sp³-hybridized carbons (Fsp3) is 0.944. The van der Waals surface area contributed by atoms with Gasteiger partial charge in [-0.3, -0.25) is 0 Å². The monoisotopic (exact) mass is 310 g/mol. The van der Waals surface area contributed by atoms with Crippen molar-refractivity contribution in [3.05, 3.63) is 0 Å². The molecule has 22 heavy (non-hydrogen) atoms. The molecule has 0 bridgehead atoms. The van der Waals surface area contributed by atoms with Crippen LogP contribution in [0.15, 0.2) is 0 Å². The number of hydrogen-bond donors (Lipinski definition) is 2. The van der Waals surface area contributed by atoms with E-state index in [1.807, 2.05) is 20.8 Å². The van der Waals surface area contributed by atoms with E-state index in [2.05, 4.69) is 24.5 Å². The summed E-state index contributed by atoms with van der Waals surface area (Å²) < 4.78 is 5.34. The fourth-order valence-corrected chi connectivity index (χ4v) is 3.43. The minimum atomic E-state index is -0.433. The van der Waals surface area contributed by atoms with Crippen molar-refractivity contribution in [2.45, 2.75) is 90.8 Å². The minimum Gasteiger partial charge on any atom is -0.444 e. The average Bonchev–Trinajstić information content (AvgIpc) is 3.18. The van der Waals surface area contributed by atoms with E-state index in [0.29, 0.717) is 30.0 Å². The predicted molar refractivity (Wildman–Crippen MR) is 89.9 cm³/mol. The van der Waals surface area contributed by atoms with Crippen molar-refractivity contribution in [1.82, 2.24) is 10.6 Å². The summed E-state index contributed by atoms with van der Waals surface area (Å²) >= 11 is 0. The smallest absolute Gasteiger partial charge is 0.407 e. The van der Waals surface area contributed by atoms with Gasteiger partial charge in [-0.05, 0) is 57.8 Å². The Balaban J connectivity index is 1.84. The molecular weight excluding hydrogens is 276 g/mol. The quantitative estimate of drug-likeness (QED) is 0.811. The number of amides is 1. The van der Waals surface area contributed by atoms with Crippen LogP contribution in [0.4, 0.5) is 4.79 Å². The molecule has 0 radical (unpaired) electrons. The number of carbonyl (C=O) groups is 1. The molecule has 0 aromatic rings. The summed E-state index contributed by atoms with van der Waals surface area (Å²) in [4.78, 5) is 11.9. The van der Waals surface area contributed by atoms with E-state index in [1.165, 1.54) is 38.5 Å². The fourth-order valence-electron chi connectivity index (χ4n) is 3.43. The van der Waals surface area contributed by atoms with E-state index in [4.69, 9.17) is 4.74 Å². The topological polar surface area (TPSA) is 50.4 Å². The van der Waals surface area contributed by atoms with E-state index in [-0.39, 0.29) is 6.09 Å². The zero-order valence-corrected chi connectivity index (χ0v) is 15.0. The maximum atomic E-state index is 11.9. The number of hydrogen-bond acceptors (Lipinski definition) is 3. The standard InChI is InChI=1S/C18H34N2O2/c1-17(2,3)22-16(21)19-12-14(13-9-10-13)20-15-8-6-7-11-18(15,4)5/h13-15,20H,6-12H2,1-5H3,(H,19,21). The van der Waals surface area contributed by atoms with Crippen LogP contribution in [0, 0.1) is 11.3 Å². The van der Waals surface area contributed by atoms with Gasteiger partial charge >= 0.3 is 6.09 Å². The van der Waals surface area contributed by atoms with Gasteiger partial charge in [0.15, 0.2) is 0 Å². The molecule has 2 saturated carbocycles. The number of carbonyl (C=O) groups excluding carboxylic acids is 1. The van der Waals surface area contributed by atoms with Crippen LogP contribution in [-0.4, -0.2) is 30.3 Å². The lowest BCUT2D eigenvalue weighted by molar-refractivity contribution is 0.0516. The van der Waals surface area contributed by atoms with E-state index in [0.717, 1.165) is 0 Å². The predicted octanol–water partition coefficient (Wildman–Crippen LogP) is 3.85. The SMILES string of the molecule is CC(C)(C)OC(=O)NCC(NC1CCCCC1(C)C)C1CC1. The molecule has 4 heteroatoms. The number of nitrogens with one attached hydrogen (secondary N) is 2. The summed E-state index contributed by atoms with van der Waals surface area (Å²) in [5.41, 5.74) is -0.0741. The number of ether oxygens (including phenoxy) is 1. The zero-order valence-electron chi connectivity index (χ0n) is 15.0. The molecule has 2 fully saturated rings. The Morgan fingerprint density at radius 3 is 2.45 bits per heavy atom. The normalized spacial score (nSPS) is 26.3. The molecule has 2 N–H and O–H groups in total. The molecule has 1 amide bonds. The molecule has 2 aliphatic carbocycles. The summed E-state index contributed by atoms with van der Waals surface area (Å²) in [6, 6.07) is 0.946. The minimum absolute atomic E-state index is 0.303. The molecule has 4 nitrogen and oxygen atoms in total. The van der Waals surface area contributed by atoms with Crippen molar-refractivity contribution in [3.8, 4) is 0 Å². The lowest BCUT2D eigenvalue weighted by Crippen LogP contribution is -2.53. The Morgan fingerprint density at radius 2 is 1.91 bits per heavy atom. The first-order chi connectivity index (χ1) is 10.2. The molecular formula is C18H34N2O2. The van der Waals surface area contributed by atoms with Gasteiger partial charge in [-0.15, -0.1) is 0 Å². The Morgan fingerprint density at radius 1 is 1.23 bits per heavy atom. The van der Waals surface area contributed by atoms with Gasteiger partial charge in [0.05, 0.1) is 0 Å². The van der Waals surface area contributed by atoms with Crippen LogP contribution in [0.25, 0.3) is 0 Å². The highest BCUT2D eigenvalue weighted by atomic mass is 16.6. The summed E-state index contributed by atoms with van der Waals surface area (Å²) in [6.45, 7) is 11.1. The molecule has 2 aliphatic rings. The largest absolute Gasteiger partial charge is 0.444 e. The highest BCUT2D eigenvalue weighted by Gasteiger charge is 2.38.